The number of sulfone groups is 1. The minimum Gasteiger partial charge on any atom is -0.491 e. The Kier molecular flexibility index (Phi) is 4.92. The molecule has 0 unspecified atom stereocenters. The lowest BCUT2D eigenvalue weighted by Crippen LogP contribution is -2.25. The molecule has 0 saturated carbocycles. The fourth-order valence-electron chi connectivity index (χ4n) is 4.15. The molecule has 1 aromatic heterocycles. The molecular weight excluding hydrogens is 398 g/mol. The maximum absolute atomic E-state index is 13.6. The van der Waals surface area contributed by atoms with E-state index in [0.717, 1.165) is 25.0 Å². The maximum atomic E-state index is 13.6. The fraction of sp³-hybridized carbons (Fsp3) is 0.261. The summed E-state index contributed by atoms with van der Waals surface area (Å²) in [5.74, 6) is 0.541. The molecule has 0 aliphatic carbocycles. The van der Waals surface area contributed by atoms with Crippen LogP contribution < -0.4 is 4.74 Å². The van der Waals surface area contributed by atoms with Crippen molar-refractivity contribution in [3.05, 3.63) is 60.7 Å². The van der Waals surface area contributed by atoms with Crippen molar-refractivity contribution in [3.8, 4) is 5.75 Å². The van der Waals surface area contributed by atoms with Crippen molar-refractivity contribution >= 4 is 31.5 Å². The van der Waals surface area contributed by atoms with E-state index in [-0.39, 0.29) is 9.92 Å². The summed E-state index contributed by atoms with van der Waals surface area (Å²) in [7, 11) is -3.82. The second-order valence-electron chi connectivity index (χ2n) is 7.58. The largest absolute Gasteiger partial charge is 0.491 e. The Morgan fingerprint density at radius 1 is 0.967 bits per heavy atom. The third-order valence-electron chi connectivity index (χ3n) is 5.68. The lowest BCUT2D eigenvalue weighted by atomic mass is 10.1. The molecule has 6 nitrogen and oxygen atoms in total. The topological polar surface area (TPSA) is 75.3 Å². The van der Waals surface area contributed by atoms with E-state index in [4.69, 9.17) is 4.74 Å². The SMILES string of the molecule is O=S(=O)(c1cccc2ccccc12)c1[nH]nc2cccc(OCCN3CCCC3)c12. The molecule has 1 N–H and O–H groups in total. The van der Waals surface area contributed by atoms with Gasteiger partial charge < -0.3 is 4.74 Å². The first-order chi connectivity index (χ1) is 14.6. The summed E-state index contributed by atoms with van der Waals surface area (Å²) in [4.78, 5) is 2.63. The third kappa shape index (κ3) is 3.34. The van der Waals surface area contributed by atoms with E-state index in [0.29, 0.717) is 28.6 Å². The van der Waals surface area contributed by atoms with E-state index in [1.165, 1.54) is 12.8 Å². The number of hydrogen-bond donors (Lipinski definition) is 1. The van der Waals surface area contributed by atoms with Gasteiger partial charge >= 0.3 is 0 Å². The predicted octanol–water partition coefficient (Wildman–Crippen LogP) is 4.02. The van der Waals surface area contributed by atoms with E-state index in [1.54, 1.807) is 18.2 Å². The molecule has 0 bridgehead atoms. The molecule has 0 radical (unpaired) electrons. The molecule has 0 spiro atoms. The number of aromatic amines is 1. The Balaban J connectivity index is 1.55. The first kappa shape index (κ1) is 19.1. The molecular formula is C23H23N3O3S. The van der Waals surface area contributed by atoms with Gasteiger partial charge in [0.05, 0.1) is 15.8 Å². The van der Waals surface area contributed by atoms with Gasteiger partial charge in [0.2, 0.25) is 9.84 Å². The number of aromatic nitrogens is 2. The van der Waals surface area contributed by atoms with Gasteiger partial charge in [-0.3, -0.25) is 10.00 Å². The molecule has 30 heavy (non-hydrogen) atoms. The van der Waals surface area contributed by atoms with Crippen molar-refractivity contribution in [2.45, 2.75) is 22.8 Å². The van der Waals surface area contributed by atoms with Gasteiger partial charge in [-0.1, -0.05) is 42.5 Å². The zero-order valence-corrected chi connectivity index (χ0v) is 17.4. The second kappa shape index (κ2) is 7.74. The minimum absolute atomic E-state index is 0.0747. The highest BCUT2D eigenvalue weighted by Gasteiger charge is 2.27. The van der Waals surface area contributed by atoms with E-state index in [2.05, 4.69) is 15.1 Å². The number of H-pyrrole nitrogens is 1. The summed E-state index contributed by atoms with van der Waals surface area (Å²) in [5.41, 5.74) is 0.576. The summed E-state index contributed by atoms with van der Waals surface area (Å²) < 4.78 is 33.3. The zero-order chi connectivity index (χ0) is 20.6. The van der Waals surface area contributed by atoms with Gasteiger partial charge in [-0.15, -0.1) is 0 Å². The van der Waals surface area contributed by atoms with Gasteiger partial charge in [-0.05, 0) is 49.5 Å². The predicted molar refractivity (Wildman–Crippen MR) is 117 cm³/mol. The molecule has 1 saturated heterocycles. The van der Waals surface area contributed by atoms with Gasteiger partial charge in [-0.25, -0.2) is 8.42 Å². The van der Waals surface area contributed by atoms with Crippen LogP contribution in [0.5, 0.6) is 5.75 Å². The molecule has 1 aliphatic heterocycles. The van der Waals surface area contributed by atoms with E-state index in [9.17, 15) is 8.42 Å². The monoisotopic (exact) mass is 421 g/mol. The van der Waals surface area contributed by atoms with Crippen LogP contribution in [0.2, 0.25) is 0 Å². The van der Waals surface area contributed by atoms with E-state index >= 15 is 0 Å². The number of fused-ring (bicyclic) bond motifs is 2. The molecule has 2 heterocycles. The van der Waals surface area contributed by atoms with Crippen molar-refractivity contribution in [2.75, 3.05) is 26.2 Å². The van der Waals surface area contributed by atoms with Crippen molar-refractivity contribution in [3.63, 3.8) is 0 Å². The highest BCUT2D eigenvalue weighted by Crippen LogP contribution is 2.35. The average Bonchev–Trinajstić information content (AvgIpc) is 3.44. The van der Waals surface area contributed by atoms with Gasteiger partial charge in [0, 0.05) is 11.9 Å². The lowest BCUT2D eigenvalue weighted by Gasteiger charge is -2.15. The standard InChI is InChI=1S/C23H23N3O3S/c27-30(28,21-12-5-8-17-7-1-2-9-18(17)21)23-22-19(24-25-23)10-6-11-20(22)29-16-15-26-13-3-4-14-26/h1-2,5-12H,3-4,13-16H2,(H,24,25). The highest BCUT2D eigenvalue weighted by molar-refractivity contribution is 7.91. The number of ether oxygens (including phenoxy) is 1. The second-order valence-corrected chi connectivity index (χ2v) is 9.44. The van der Waals surface area contributed by atoms with Crippen LogP contribution in [0.25, 0.3) is 21.7 Å². The molecule has 1 fully saturated rings. The lowest BCUT2D eigenvalue weighted by molar-refractivity contribution is 0.239. The van der Waals surface area contributed by atoms with Gasteiger partial charge in [0.25, 0.3) is 0 Å². The number of likely N-dealkylation sites (tertiary alicyclic amines) is 1. The van der Waals surface area contributed by atoms with Crippen LogP contribution in [-0.2, 0) is 9.84 Å². The molecule has 1 aliphatic rings. The minimum atomic E-state index is -3.82. The molecule has 0 atom stereocenters. The average molecular weight is 422 g/mol. The van der Waals surface area contributed by atoms with Crippen molar-refractivity contribution in [2.24, 2.45) is 0 Å². The van der Waals surface area contributed by atoms with Crippen LogP contribution in [0.1, 0.15) is 12.8 Å². The first-order valence-electron chi connectivity index (χ1n) is 10.2. The Morgan fingerprint density at radius 3 is 2.60 bits per heavy atom. The Bertz CT molecular complexity index is 1300. The number of benzene rings is 3. The molecule has 4 aromatic rings. The Hall–Kier alpha value is -2.90. The Morgan fingerprint density at radius 2 is 1.73 bits per heavy atom. The quantitative estimate of drug-likeness (QED) is 0.509. The van der Waals surface area contributed by atoms with Crippen LogP contribution in [0, 0.1) is 0 Å². The van der Waals surface area contributed by atoms with Gasteiger partial charge in [-0.2, -0.15) is 5.10 Å². The number of nitrogens with zero attached hydrogens (tertiary/aromatic N) is 2. The highest BCUT2D eigenvalue weighted by atomic mass is 32.2. The Labute approximate surface area is 175 Å². The van der Waals surface area contributed by atoms with Crippen molar-refractivity contribution < 1.29 is 13.2 Å². The molecule has 0 amide bonds. The van der Waals surface area contributed by atoms with Crippen LogP contribution in [0.15, 0.2) is 70.6 Å². The summed E-state index contributed by atoms with van der Waals surface area (Å²) >= 11 is 0. The van der Waals surface area contributed by atoms with Gasteiger partial charge in [0.15, 0.2) is 5.03 Å². The summed E-state index contributed by atoms with van der Waals surface area (Å²) in [5, 5.41) is 9.15. The van der Waals surface area contributed by atoms with Crippen molar-refractivity contribution in [1.29, 1.82) is 0 Å². The first-order valence-corrected chi connectivity index (χ1v) is 11.7. The molecule has 7 heteroatoms. The molecule has 3 aromatic carbocycles. The summed E-state index contributed by atoms with van der Waals surface area (Å²) in [6.45, 7) is 3.54. The van der Waals surface area contributed by atoms with E-state index in [1.807, 2.05) is 42.5 Å². The third-order valence-corrected chi connectivity index (χ3v) is 7.45. The van der Waals surface area contributed by atoms with Crippen molar-refractivity contribution in [1.82, 2.24) is 15.1 Å². The summed E-state index contributed by atoms with van der Waals surface area (Å²) in [6, 6.07) is 18.2. The van der Waals surface area contributed by atoms with Crippen LogP contribution in [0.3, 0.4) is 0 Å². The maximum Gasteiger partial charge on any atom is 0.224 e. The van der Waals surface area contributed by atoms with Crippen LogP contribution >= 0.6 is 0 Å². The van der Waals surface area contributed by atoms with E-state index < -0.39 is 9.84 Å². The summed E-state index contributed by atoms with van der Waals surface area (Å²) in [6.07, 6.45) is 2.45. The fourth-order valence-corrected chi connectivity index (χ4v) is 5.75. The normalized spacial score (nSPS) is 15.2. The van der Waals surface area contributed by atoms with Crippen LogP contribution in [-0.4, -0.2) is 49.8 Å². The number of nitrogens with one attached hydrogen (secondary N) is 1. The van der Waals surface area contributed by atoms with Crippen LogP contribution in [0.4, 0.5) is 0 Å². The smallest absolute Gasteiger partial charge is 0.224 e. The molecule has 5 rings (SSSR count). The van der Waals surface area contributed by atoms with Gasteiger partial charge in [0.1, 0.15) is 12.4 Å². The number of hydrogen-bond acceptors (Lipinski definition) is 5. The number of rotatable bonds is 6. The molecule has 154 valence electrons. The zero-order valence-electron chi connectivity index (χ0n) is 16.5.